The average Bonchev–Trinajstić information content (AvgIpc) is 3.19. The van der Waals surface area contributed by atoms with Gasteiger partial charge in [-0.2, -0.15) is 0 Å². The van der Waals surface area contributed by atoms with Crippen molar-refractivity contribution in [3.63, 3.8) is 0 Å². The first kappa shape index (κ1) is 17.9. The molecule has 0 fully saturated rings. The van der Waals surface area contributed by atoms with Gasteiger partial charge in [0.15, 0.2) is 0 Å². The summed E-state index contributed by atoms with van der Waals surface area (Å²) < 4.78 is 2.10. The van der Waals surface area contributed by atoms with Crippen molar-refractivity contribution in [2.45, 2.75) is 0 Å². The maximum Gasteiger partial charge on any atom is 0.277 e. The van der Waals surface area contributed by atoms with Crippen molar-refractivity contribution in [2.24, 2.45) is 0 Å². The van der Waals surface area contributed by atoms with Crippen molar-refractivity contribution in [1.82, 2.24) is 4.57 Å². The van der Waals surface area contributed by atoms with Crippen molar-refractivity contribution >= 4 is 16.6 Å². The predicted octanol–water partition coefficient (Wildman–Crippen LogP) is 6.87. The van der Waals surface area contributed by atoms with E-state index in [1.807, 2.05) is 66.9 Å². The first-order chi connectivity index (χ1) is 14.7. The number of nitro benzene ring substituents is 1. The van der Waals surface area contributed by atoms with Crippen LogP contribution in [0.3, 0.4) is 0 Å². The Hall–Kier alpha value is -4.18. The number of benzene rings is 4. The topological polar surface area (TPSA) is 48.1 Å². The van der Waals surface area contributed by atoms with Gasteiger partial charge in [-0.1, -0.05) is 72.8 Å². The molecule has 0 amide bonds. The summed E-state index contributed by atoms with van der Waals surface area (Å²) in [4.78, 5) is 11.3. The third-order valence-corrected chi connectivity index (χ3v) is 5.34. The molecule has 0 aliphatic rings. The van der Waals surface area contributed by atoms with E-state index >= 15 is 0 Å². The molecule has 0 radical (unpaired) electrons. The molecule has 0 saturated carbocycles. The molecule has 1 aromatic heterocycles. The molecule has 0 bridgehead atoms. The van der Waals surface area contributed by atoms with E-state index in [2.05, 4.69) is 34.9 Å². The Bertz CT molecular complexity index is 1360. The van der Waals surface area contributed by atoms with Gasteiger partial charge in [-0.3, -0.25) is 10.1 Å². The number of aromatic nitrogens is 1. The monoisotopic (exact) mass is 390 g/mol. The van der Waals surface area contributed by atoms with E-state index in [1.54, 1.807) is 12.1 Å². The molecule has 0 unspecified atom stereocenters. The molecular formula is C26H18N2O2. The molecule has 4 nitrogen and oxygen atoms in total. The second kappa shape index (κ2) is 7.33. The van der Waals surface area contributed by atoms with Crippen molar-refractivity contribution in [3.8, 4) is 27.9 Å². The third kappa shape index (κ3) is 3.05. The maximum atomic E-state index is 11.6. The maximum absolute atomic E-state index is 11.6. The van der Waals surface area contributed by atoms with Crippen molar-refractivity contribution in [1.29, 1.82) is 0 Å². The lowest BCUT2D eigenvalue weighted by molar-refractivity contribution is -0.384. The van der Waals surface area contributed by atoms with Gasteiger partial charge in [0.2, 0.25) is 0 Å². The normalized spacial score (nSPS) is 10.9. The summed E-state index contributed by atoms with van der Waals surface area (Å²) in [5.41, 5.74) is 5.83. The molecule has 0 aliphatic carbocycles. The first-order valence-electron chi connectivity index (χ1n) is 9.72. The van der Waals surface area contributed by atoms with Crippen LogP contribution >= 0.6 is 0 Å². The van der Waals surface area contributed by atoms with Gasteiger partial charge in [0.25, 0.3) is 5.69 Å². The predicted molar refractivity (Wildman–Crippen MR) is 121 cm³/mol. The first-order valence-corrected chi connectivity index (χ1v) is 9.72. The van der Waals surface area contributed by atoms with Gasteiger partial charge in [0, 0.05) is 28.9 Å². The van der Waals surface area contributed by atoms with Crippen LogP contribution in [0.1, 0.15) is 0 Å². The second-order valence-corrected chi connectivity index (χ2v) is 7.12. The van der Waals surface area contributed by atoms with E-state index in [4.69, 9.17) is 0 Å². The van der Waals surface area contributed by atoms with Crippen molar-refractivity contribution < 1.29 is 4.92 Å². The van der Waals surface area contributed by atoms with Crippen LogP contribution in [0.25, 0.3) is 38.8 Å². The van der Waals surface area contributed by atoms with Crippen LogP contribution < -0.4 is 0 Å². The number of rotatable bonds is 4. The minimum atomic E-state index is -0.320. The lowest BCUT2D eigenvalue weighted by Crippen LogP contribution is -1.92. The summed E-state index contributed by atoms with van der Waals surface area (Å²) in [6, 6.07) is 33.4. The van der Waals surface area contributed by atoms with Gasteiger partial charge in [-0.05, 0) is 35.4 Å². The summed E-state index contributed by atoms with van der Waals surface area (Å²) in [5.74, 6) is 0. The standard InChI is InChI=1S/C26H18N2O2/c29-28(30)25-14-8-7-13-22(25)24-18-27(21-11-5-2-6-12-21)26-17-20(15-16-23(24)26)19-9-3-1-4-10-19/h1-18H. The van der Waals surface area contributed by atoms with Crippen LogP contribution in [0, 0.1) is 10.1 Å². The summed E-state index contributed by atoms with van der Waals surface area (Å²) in [7, 11) is 0. The fraction of sp³-hybridized carbons (Fsp3) is 0. The second-order valence-electron chi connectivity index (χ2n) is 7.12. The van der Waals surface area contributed by atoms with Gasteiger partial charge >= 0.3 is 0 Å². The SMILES string of the molecule is O=[N+]([O-])c1ccccc1-c1cn(-c2ccccc2)c2cc(-c3ccccc3)ccc12. The number of nitro groups is 1. The Kier molecular flexibility index (Phi) is 4.37. The molecule has 0 atom stereocenters. The zero-order valence-electron chi connectivity index (χ0n) is 16.1. The van der Waals surface area contributed by atoms with E-state index < -0.39 is 0 Å². The fourth-order valence-corrected chi connectivity index (χ4v) is 3.91. The minimum absolute atomic E-state index is 0.108. The smallest absolute Gasteiger partial charge is 0.277 e. The van der Waals surface area contributed by atoms with E-state index in [-0.39, 0.29) is 10.6 Å². The van der Waals surface area contributed by atoms with Gasteiger partial charge in [-0.15, -0.1) is 0 Å². The Labute approximate surface area is 173 Å². The number of fused-ring (bicyclic) bond motifs is 1. The molecule has 30 heavy (non-hydrogen) atoms. The molecular weight excluding hydrogens is 372 g/mol. The number of para-hydroxylation sites is 2. The van der Waals surface area contributed by atoms with Gasteiger partial charge in [0.1, 0.15) is 0 Å². The molecule has 0 saturated heterocycles. The quantitative estimate of drug-likeness (QED) is 0.248. The van der Waals surface area contributed by atoms with E-state index in [0.717, 1.165) is 33.3 Å². The molecule has 1 heterocycles. The average molecular weight is 390 g/mol. The summed E-state index contributed by atoms with van der Waals surface area (Å²) in [6.45, 7) is 0. The number of nitrogens with zero attached hydrogens (tertiary/aromatic N) is 2. The fourth-order valence-electron chi connectivity index (χ4n) is 3.91. The van der Waals surface area contributed by atoms with Crippen molar-refractivity contribution in [3.05, 3.63) is 119 Å². The Morgan fingerprint density at radius 1 is 0.667 bits per heavy atom. The highest BCUT2D eigenvalue weighted by molar-refractivity contribution is 6.00. The molecule has 144 valence electrons. The number of hydrogen-bond donors (Lipinski definition) is 0. The summed E-state index contributed by atoms with van der Waals surface area (Å²) >= 11 is 0. The zero-order chi connectivity index (χ0) is 20.5. The third-order valence-electron chi connectivity index (χ3n) is 5.34. The van der Waals surface area contributed by atoms with Crippen LogP contribution in [0.2, 0.25) is 0 Å². The highest BCUT2D eigenvalue weighted by atomic mass is 16.6. The van der Waals surface area contributed by atoms with Crippen LogP contribution in [0.4, 0.5) is 5.69 Å². The highest BCUT2D eigenvalue weighted by Crippen LogP contribution is 2.38. The molecule has 4 heteroatoms. The number of hydrogen-bond acceptors (Lipinski definition) is 2. The zero-order valence-corrected chi connectivity index (χ0v) is 16.1. The van der Waals surface area contributed by atoms with E-state index in [0.29, 0.717) is 5.56 Å². The molecule has 5 rings (SSSR count). The van der Waals surface area contributed by atoms with E-state index in [1.165, 1.54) is 0 Å². The minimum Gasteiger partial charge on any atom is -0.316 e. The summed E-state index contributed by atoms with van der Waals surface area (Å²) in [6.07, 6.45) is 2.00. The molecule has 0 spiro atoms. The molecule has 4 aromatic carbocycles. The molecule has 0 N–H and O–H groups in total. The van der Waals surface area contributed by atoms with Crippen LogP contribution in [-0.4, -0.2) is 9.49 Å². The molecule has 0 aliphatic heterocycles. The van der Waals surface area contributed by atoms with Gasteiger partial charge in [-0.25, -0.2) is 0 Å². The molecule has 5 aromatic rings. The highest BCUT2D eigenvalue weighted by Gasteiger charge is 2.19. The lowest BCUT2D eigenvalue weighted by Gasteiger charge is -2.07. The van der Waals surface area contributed by atoms with Crippen LogP contribution in [-0.2, 0) is 0 Å². The van der Waals surface area contributed by atoms with E-state index in [9.17, 15) is 10.1 Å². The van der Waals surface area contributed by atoms with Crippen LogP contribution in [0.15, 0.2) is 109 Å². The lowest BCUT2D eigenvalue weighted by atomic mass is 10.00. The van der Waals surface area contributed by atoms with Gasteiger partial charge in [0.05, 0.1) is 16.0 Å². The van der Waals surface area contributed by atoms with Gasteiger partial charge < -0.3 is 4.57 Å². The Morgan fingerprint density at radius 3 is 2.07 bits per heavy atom. The largest absolute Gasteiger partial charge is 0.316 e. The van der Waals surface area contributed by atoms with Crippen LogP contribution in [0.5, 0.6) is 0 Å². The summed E-state index contributed by atoms with van der Waals surface area (Å²) in [5, 5.41) is 12.6. The van der Waals surface area contributed by atoms with Crippen molar-refractivity contribution in [2.75, 3.05) is 0 Å². The Morgan fingerprint density at radius 2 is 1.33 bits per heavy atom. The Balaban J connectivity index is 1.81.